The van der Waals surface area contributed by atoms with Gasteiger partial charge in [0.25, 0.3) is 0 Å². The van der Waals surface area contributed by atoms with Crippen molar-refractivity contribution in [1.29, 1.82) is 0 Å². The number of benzene rings is 1. The molecule has 2 aliphatic rings. The zero-order valence-electron chi connectivity index (χ0n) is 15.3. The minimum absolute atomic E-state index is 0.0130. The molecule has 1 aromatic carbocycles. The van der Waals surface area contributed by atoms with Crippen molar-refractivity contribution >= 4 is 23.4 Å². The van der Waals surface area contributed by atoms with Crippen LogP contribution < -0.4 is 0 Å². The Kier molecular flexibility index (Phi) is 4.91. The molecule has 1 aromatic heterocycles. The van der Waals surface area contributed by atoms with E-state index in [0.29, 0.717) is 43.4 Å². The standard InChI is InChI=1S/C20H22ClN3O3/c1-13(25)23-9-6-15(7-10-23)20(26)24-11-8-18-17(12-24)19(27-22-18)14-2-4-16(21)5-3-14/h2-5,15H,6-12H2,1H3. The van der Waals surface area contributed by atoms with Crippen molar-refractivity contribution < 1.29 is 14.1 Å². The highest BCUT2D eigenvalue weighted by Gasteiger charge is 2.33. The molecule has 2 aliphatic heterocycles. The molecule has 6 nitrogen and oxygen atoms in total. The maximum Gasteiger partial charge on any atom is 0.226 e. The van der Waals surface area contributed by atoms with Gasteiger partial charge in [-0.3, -0.25) is 9.59 Å². The summed E-state index contributed by atoms with van der Waals surface area (Å²) in [6.45, 7) is 4.08. The van der Waals surface area contributed by atoms with Gasteiger partial charge in [-0.25, -0.2) is 0 Å². The molecule has 0 spiro atoms. The molecule has 2 aromatic rings. The van der Waals surface area contributed by atoms with Gasteiger partial charge in [-0.05, 0) is 37.1 Å². The number of halogens is 1. The Morgan fingerprint density at radius 1 is 1.11 bits per heavy atom. The van der Waals surface area contributed by atoms with Crippen LogP contribution in [0.15, 0.2) is 28.8 Å². The lowest BCUT2D eigenvalue weighted by molar-refractivity contribution is -0.140. The third-order valence-corrected chi connectivity index (χ3v) is 5.80. The van der Waals surface area contributed by atoms with E-state index in [9.17, 15) is 9.59 Å². The smallest absolute Gasteiger partial charge is 0.226 e. The number of nitrogens with zero attached hydrogens (tertiary/aromatic N) is 3. The van der Waals surface area contributed by atoms with Gasteiger partial charge < -0.3 is 14.3 Å². The van der Waals surface area contributed by atoms with Crippen LogP contribution in [0.2, 0.25) is 5.02 Å². The highest BCUT2D eigenvalue weighted by molar-refractivity contribution is 6.30. The van der Waals surface area contributed by atoms with Crippen LogP contribution in [0.5, 0.6) is 0 Å². The van der Waals surface area contributed by atoms with Gasteiger partial charge in [0.15, 0.2) is 5.76 Å². The number of aromatic nitrogens is 1. The van der Waals surface area contributed by atoms with Gasteiger partial charge in [-0.2, -0.15) is 0 Å². The van der Waals surface area contributed by atoms with Gasteiger partial charge in [0.1, 0.15) is 0 Å². The Balaban J connectivity index is 1.48. The number of piperidine rings is 1. The third kappa shape index (κ3) is 3.58. The van der Waals surface area contributed by atoms with Gasteiger partial charge in [-0.15, -0.1) is 0 Å². The maximum absolute atomic E-state index is 13.0. The quantitative estimate of drug-likeness (QED) is 0.794. The second-order valence-electron chi connectivity index (χ2n) is 7.23. The van der Waals surface area contributed by atoms with Crippen LogP contribution in [0.3, 0.4) is 0 Å². The summed E-state index contributed by atoms with van der Waals surface area (Å²) in [5, 5.41) is 4.87. The molecule has 0 aliphatic carbocycles. The van der Waals surface area contributed by atoms with Gasteiger partial charge in [0.05, 0.1) is 12.2 Å². The maximum atomic E-state index is 13.0. The number of carbonyl (C=O) groups excluding carboxylic acids is 2. The Morgan fingerprint density at radius 2 is 1.81 bits per heavy atom. The fourth-order valence-electron chi connectivity index (χ4n) is 3.93. The van der Waals surface area contributed by atoms with Crippen molar-refractivity contribution in [3.8, 4) is 11.3 Å². The minimum Gasteiger partial charge on any atom is -0.356 e. The monoisotopic (exact) mass is 387 g/mol. The molecule has 1 fully saturated rings. The zero-order valence-corrected chi connectivity index (χ0v) is 16.0. The Morgan fingerprint density at radius 3 is 2.48 bits per heavy atom. The van der Waals surface area contributed by atoms with Crippen LogP contribution in [-0.4, -0.2) is 46.4 Å². The second kappa shape index (κ2) is 7.35. The van der Waals surface area contributed by atoms with E-state index in [-0.39, 0.29) is 17.7 Å². The van der Waals surface area contributed by atoms with Crippen LogP contribution in [0.4, 0.5) is 0 Å². The van der Waals surface area contributed by atoms with E-state index < -0.39 is 0 Å². The number of carbonyl (C=O) groups is 2. The predicted octanol–water partition coefficient (Wildman–Crippen LogP) is 3.14. The fourth-order valence-corrected chi connectivity index (χ4v) is 4.05. The predicted molar refractivity (Wildman–Crippen MR) is 101 cm³/mol. The SMILES string of the molecule is CC(=O)N1CCC(C(=O)N2CCc3noc(-c4ccc(Cl)cc4)c3C2)CC1. The average molecular weight is 388 g/mol. The number of hydrogen-bond acceptors (Lipinski definition) is 4. The highest BCUT2D eigenvalue weighted by atomic mass is 35.5. The van der Waals surface area contributed by atoms with Crippen molar-refractivity contribution in [2.24, 2.45) is 5.92 Å². The van der Waals surface area contributed by atoms with Crippen LogP contribution in [0.1, 0.15) is 31.0 Å². The normalized spacial score (nSPS) is 17.7. The van der Waals surface area contributed by atoms with E-state index in [1.807, 2.05) is 34.1 Å². The Bertz CT molecular complexity index is 854. The average Bonchev–Trinajstić information content (AvgIpc) is 3.11. The topological polar surface area (TPSA) is 66.7 Å². The molecule has 7 heteroatoms. The van der Waals surface area contributed by atoms with Crippen molar-refractivity contribution in [3.05, 3.63) is 40.5 Å². The van der Waals surface area contributed by atoms with E-state index in [1.165, 1.54) is 0 Å². The molecular formula is C20H22ClN3O3. The number of hydrogen-bond donors (Lipinski definition) is 0. The molecule has 27 heavy (non-hydrogen) atoms. The lowest BCUT2D eigenvalue weighted by atomic mass is 9.93. The van der Waals surface area contributed by atoms with E-state index in [2.05, 4.69) is 5.16 Å². The van der Waals surface area contributed by atoms with Crippen molar-refractivity contribution in [1.82, 2.24) is 15.0 Å². The molecule has 0 saturated carbocycles. The first-order chi connectivity index (χ1) is 13.0. The van der Waals surface area contributed by atoms with E-state index >= 15 is 0 Å². The summed E-state index contributed by atoms with van der Waals surface area (Å²) in [4.78, 5) is 28.2. The van der Waals surface area contributed by atoms with Crippen LogP contribution in [-0.2, 0) is 22.6 Å². The van der Waals surface area contributed by atoms with Crippen LogP contribution in [0, 0.1) is 5.92 Å². The highest BCUT2D eigenvalue weighted by Crippen LogP contribution is 2.32. The molecule has 4 rings (SSSR count). The summed E-state index contributed by atoms with van der Waals surface area (Å²) < 4.78 is 5.58. The van der Waals surface area contributed by atoms with E-state index in [1.54, 1.807) is 6.92 Å². The largest absolute Gasteiger partial charge is 0.356 e. The van der Waals surface area contributed by atoms with Gasteiger partial charge in [0, 0.05) is 55.0 Å². The van der Waals surface area contributed by atoms with E-state index in [4.69, 9.17) is 16.1 Å². The first-order valence-electron chi connectivity index (χ1n) is 9.30. The molecule has 0 bridgehead atoms. The summed E-state index contributed by atoms with van der Waals surface area (Å²) in [5.41, 5.74) is 2.82. The third-order valence-electron chi connectivity index (χ3n) is 5.54. The number of amides is 2. The molecule has 1 saturated heterocycles. The number of fused-ring (bicyclic) bond motifs is 1. The summed E-state index contributed by atoms with van der Waals surface area (Å²) in [7, 11) is 0. The molecule has 3 heterocycles. The van der Waals surface area contributed by atoms with Crippen molar-refractivity contribution in [3.63, 3.8) is 0 Å². The fraction of sp³-hybridized carbons (Fsp3) is 0.450. The second-order valence-corrected chi connectivity index (χ2v) is 7.67. The zero-order chi connectivity index (χ0) is 19.0. The number of likely N-dealkylation sites (tertiary alicyclic amines) is 1. The van der Waals surface area contributed by atoms with Gasteiger partial charge in [0.2, 0.25) is 11.8 Å². The summed E-state index contributed by atoms with van der Waals surface area (Å²) in [6.07, 6.45) is 2.16. The molecule has 0 unspecified atom stereocenters. The Labute approximate surface area is 163 Å². The lowest BCUT2D eigenvalue weighted by Gasteiger charge is -2.35. The summed E-state index contributed by atoms with van der Waals surface area (Å²) >= 11 is 5.97. The summed E-state index contributed by atoms with van der Waals surface area (Å²) in [5.74, 6) is 0.958. The molecule has 0 atom stereocenters. The van der Waals surface area contributed by atoms with Crippen molar-refractivity contribution in [2.75, 3.05) is 19.6 Å². The lowest BCUT2D eigenvalue weighted by Crippen LogP contribution is -2.45. The first kappa shape index (κ1) is 18.0. The molecule has 0 N–H and O–H groups in total. The number of rotatable bonds is 2. The molecular weight excluding hydrogens is 366 g/mol. The molecule has 142 valence electrons. The van der Waals surface area contributed by atoms with Gasteiger partial charge >= 0.3 is 0 Å². The molecule has 0 radical (unpaired) electrons. The molecule has 2 amide bonds. The van der Waals surface area contributed by atoms with Crippen molar-refractivity contribution in [2.45, 2.75) is 32.7 Å². The van der Waals surface area contributed by atoms with Gasteiger partial charge in [-0.1, -0.05) is 16.8 Å². The summed E-state index contributed by atoms with van der Waals surface area (Å²) in [6, 6.07) is 7.45. The Hall–Kier alpha value is -2.34. The van der Waals surface area contributed by atoms with Crippen LogP contribution in [0.25, 0.3) is 11.3 Å². The first-order valence-corrected chi connectivity index (χ1v) is 9.68. The van der Waals surface area contributed by atoms with E-state index in [0.717, 1.165) is 29.7 Å². The minimum atomic E-state index is -0.0130. The van der Waals surface area contributed by atoms with Crippen LogP contribution >= 0.6 is 11.6 Å².